The number of benzene rings is 2. The lowest BCUT2D eigenvalue weighted by Gasteiger charge is -2.21. The van der Waals surface area contributed by atoms with Gasteiger partial charge in [-0.05, 0) is 44.2 Å². The molecule has 0 radical (unpaired) electrons. The van der Waals surface area contributed by atoms with Crippen LogP contribution in [0.25, 0.3) is 0 Å². The fourth-order valence-corrected chi connectivity index (χ4v) is 3.14. The molecule has 2 nitrogen and oxygen atoms in total. The highest BCUT2D eigenvalue weighted by Gasteiger charge is 2.18. The Balaban J connectivity index is 2.38. The Morgan fingerprint density at radius 1 is 1.14 bits per heavy atom. The van der Waals surface area contributed by atoms with E-state index >= 15 is 0 Å². The Morgan fingerprint density at radius 3 is 2.38 bits per heavy atom. The van der Waals surface area contributed by atoms with Crippen LogP contribution in [-0.4, -0.2) is 14.2 Å². The van der Waals surface area contributed by atoms with Gasteiger partial charge in [0.15, 0.2) is 0 Å². The molecule has 0 bridgehead atoms. The molecule has 0 saturated heterocycles. The van der Waals surface area contributed by atoms with Crippen LogP contribution >= 0.6 is 23.2 Å². The smallest absolute Gasteiger partial charge is 0.122 e. The van der Waals surface area contributed by atoms with Crippen LogP contribution in [0.4, 0.5) is 0 Å². The molecule has 1 N–H and O–H groups in total. The van der Waals surface area contributed by atoms with Crippen LogP contribution in [0, 0.1) is 6.92 Å². The van der Waals surface area contributed by atoms with Gasteiger partial charge in [-0.2, -0.15) is 0 Å². The average molecular weight is 324 g/mol. The SMILES string of the molecule is CNC(Cc1cc(C)ccc1OC)c1c(Cl)cccc1Cl. The molecule has 0 amide bonds. The van der Waals surface area contributed by atoms with E-state index in [0.29, 0.717) is 10.0 Å². The second-order valence-corrected chi connectivity index (χ2v) is 5.81. The van der Waals surface area contributed by atoms with Crippen LogP contribution in [0.1, 0.15) is 22.7 Å². The number of aryl methyl sites for hydroxylation is 1. The molecule has 2 aromatic carbocycles. The summed E-state index contributed by atoms with van der Waals surface area (Å²) in [5, 5.41) is 4.64. The minimum Gasteiger partial charge on any atom is -0.496 e. The lowest BCUT2D eigenvalue weighted by Crippen LogP contribution is -2.20. The maximum Gasteiger partial charge on any atom is 0.122 e. The van der Waals surface area contributed by atoms with Gasteiger partial charge in [-0.15, -0.1) is 0 Å². The van der Waals surface area contributed by atoms with Gasteiger partial charge < -0.3 is 10.1 Å². The molecule has 1 atom stereocenters. The number of rotatable bonds is 5. The monoisotopic (exact) mass is 323 g/mol. The standard InChI is InChI=1S/C17H19Cl2NO/c1-11-7-8-16(21-3)12(9-11)10-15(20-2)17-13(18)5-4-6-14(17)19/h4-9,15,20H,10H2,1-3H3. The second-order valence-electron chi connectivity index (χ2n) is 5.00. The summed E-state index contributed by atoms with van der Waals surface area (Å²) in [5.41, 5.74) is 3.26. The topological polar surface area (TPSA) is 21.3 Å². The highest BCUT2D eigenvalue weighted by atomic mass is 35.5. The first kappa shape index (κ1) is 16.2. The first-order valence-corrected chi connectivity index (χ1v) is 7.57. The quantitative estimate of drug-likeness (QED) is 0.852. The normalized spacial score (nSPS) is 12.2. The summed E-state index contributed by atoms with van der Waals surface area (Å²) in [4.78, 5) is 0. The van der Waals surface area contributed by atoms with Gasteiger partial charge in [0.1, 0.15) is 5.75 Å². The zero-order valence-corrected chi connectivity index (χ0v) is 13.9. The molecule has 0 spiro atoms. The third-order valence-corrected chi connectivity index (χ3v) is 4.22. The fraction of sp³-hybridized carbons (Fsp3) is 0.294. The molecular weight excluding hydrogens is 305 g/mol. The number of nitrogens with one attached hydrogen (secondary N) is 1. The van der Waals surface area contributed by atoms with Gasteiger partial charge in [0.2, 0.25) is 0 Å². The van der Waals surface area contributed by atoms with Crippen molar-refractivity contribution < 1.29 is 4.74 Å². The zero-order chi connectivity index (χ0) is 15.4. The first-order chi connectivity index (χ1) is 10.1. The molecular formula is C17H19Cl2NO. The van der Waals surface area contributed by atoms with Crippen molar-refractivity contribution in [1.29, 1.82) is 0 Å². The molecule has 0 aliphatic heterocycles. The van der Waals surface area contributed by atoms with Crippen molar-refractivity contribution in [2.75, 3.05) is 14.2 Å². The highest BCUT2D eigenvalue weighted by Crippen LogP contribution is 2.33. The fourth-order valence-electron chi connectivity index (χ4n) is 2.48. The lowest BCUT2D eigenvalue weighted by molar-refractivity contribution is 0.406. The number of methoxy groups -OCH3 is 1. The van der Waals surface area contributed by atoms with Gasteiger partial charge in [0, 0.05) is 21.7 Å². The van der Waals surface area contributed by atoms with Crippen LogP contribution in [0.3, 0.4) is 0 Å². The Kier molecular flexibility index (Phi) is 5.51. The molecule has 0 saturated carbocycles. The van der Waals surface area contributed by atoms with Crippen LogP contribution in [0.2, 0.25) is 10.0 Å². The van der Waals surface area contributed by atoms with Gasteiger partial charge in [-0.3, -0.25) is 0 Å². The Morgan fingerprint density at radius 2 is 1.81 bits per heavy atom. The maximum atomic E-state index is 6.32. The summed E-state index contributed by atoms with van der Waals surface area (Å²) < 4.78 is 5.45. The van der Waals surface area contributed by atoms with Gasteiger partial charge in [0.25, 0.3) is 0 Å². The lowest BCUT2D eigenvalue weighted by atomic mass is 9.97. The van der Waals surface area contributed by atoms with Crippen molar-refractivity contribution in [3.63, 3.8) is 0 Å². The molecule has 21 heavy (non-hydrogen) atoms. The van der Waals surface area contributed by atoms with E-state index in [1.54, 1.807) is 7.11 Å². The van der Waals surface area contributed by atoms with E-state index in [4.69, 9.17) is 27.9 Å². The van der Waals surface area contributed by atoms with Crippen molar-refractivity contribution in [3.05, 3.63) is 63.1 Å². The van der Waals surface area contributed by atoms with Crippen LogP contribution in [-0.2, 0) is 6.42 Å². The van der Waals surface area contributed by atoms with E-state index < -0.39 is 0 Å². The summed E-state index contributed by atoms with van der Waals surface area (Å²) in [6.45, 7) is 2.07. The van der Waals surface area contributed by atoms with Crippen molar-refractivity contribution in [1.82, 2.24) is 5.32 Å². The predicted octanol–water partition coefficient (Wildman–Crippen LogP) is 4.81. The molecule has 0 heterocycles. The van der Waals surface area contributed by atoms with Crippen molar-refractivity contribution in [3.8, 4) is 5.75 Å². The molecule has 2 rings (SSSR count). The van der Waals surface area contributed by atoms with Crippen molar-refractivity contribution in [2.45, 2.75) is 19.4 Å². The number of halogens is 2. The van der Waals surface area contributed by atoms with Gasteiger partial charge in [-0.25, -0.2) is 0 Å². The minimum atomic E-state index is 0.0295. The Bertz CT molecular complexity index is 608. The number of hydrogen-bond donors (Lipinski definition) is 1. The maximum absolute atomic E-state index is 6.32. The van der Waals surface area contributed by atoms with E-state index in [1.165, 1.54) is 5.56 Å². The Hall–Kier alpha value is -1.22. The van der Waals surface area contributed by atoms with E-state index in [9.17, 15) is 0 Å². The third-order valence-electron chi connectivity index (χ3n) is 3.56. The minimum absolute atomic E-state index is 0.0295. The van der Waals surface area contributed by atoms with Crippen molar-refractivity contribution >= 4 is 23.2 Å². The third kappa shape index (κ3) is 3.70. The second kappa shape index (κ2) is 7.17. The summed E-state index contributed by atoms with van der Waals surface area (Å²) in [5.74, 6) is 0.879. The van der Waals surface area contributed by atoms with Crippen molar-refractivity contribution in [2.24, 2.45) is 0 Å². The Labute approximate surface area is 136 Å². The molecule has 0 aliphatic rings. The van der Waals surface area contributed by atoms with Gasteiger partial charge in [-0.1, -0.05) is 47.0 Å². The molecule has 0 aliphatic carbocycles. The average Bonchev–Trinajstić information content (AvgIpc) is 2.46. The van der Waals surface area contributed by atoms with E-state index in [2.05, 4.69) is 18.3 Å². The molecule has 1 unspecified atom stereocenters. The summed E-state index contributed by atoms with van der Waals surface area (Å²) in [6.07, 6.45) is 0.755. The first-order valence-electron chi connectivity index (χ1n) is 6.81. The van der Waals surface area contributed by atoms with E-state index in [0.717, 1.165) is 23.3 Å². The largest absolute Gasteiger partial charge is 0.496 e. The zero-order valence-electron chi connectivity index (χ0n) is 12.4. The molecule has 2 aromatic rings. The van der Waals surface area contributed by atoms with E-state index in [1.807, 2.05) is 37.4 Å². The predicted molar refractivity (Wildman–Crippen MR) is 89.7 cm³/mol. The van der Waals surface area contributed by atoms with E-state index in [-0.39, 0.29) is 6.04 Å². The molecule has 4 heteroatoms. The summed E-state index contributed by atoms with van der Waals surface area (Å²) >= 11 is 12.6. The molecule has 0 aromatic heterocycles. The summed E-state index contributed by atoms with van der Waals surface area (Å²) in [6, 6.07) is 11.8. The summed E-state index contributed by atoms with van der Waals surface area (Å²) in [7, 11) is 3.59. The van der Waals surface area contributed by atoms with Crippen LogP contribution < -0.4 is 10.1 Å². The van der Waals surface area contributed by atoms with Gasteiger partial charge in [0.05, 0.1) is 7.11 Å². The van der Waals surface area contributed by atoms with Crippen LogP contribution in [0.5, 0.6) is 5.75 Å². The van der Waals surface area contributed by atoms with Gasteiger partial charge >= 0.3 is 0 Å². The molecule has 112 valence electrons. The number of ether oxygens (including phenoxy) is 1. The number of likely N-dealkylation sites (N-methyl/N-ethyl adjacent to an activating group) is 1. The highest BCUT2D eigenvalue weighted by molar-refractivity contribution is 6.36. The number of hydrogen-bond acceptors (Lipinski definition) is 2. The molecule has 0 fully saturated rings. The van der Waals surface area contributed by atoms with Crippen LogP contribution in [0.15, 0.2) is 36.4 Å².